The number of halogens is 3. The number of aryl methyl sites for hydroxylation is 1. The summed E-state index contributed by atoms with van der Waals surface area (Å²) >= 11 is 0. The van der Waals surface area contributed by atoms with E-state index < -0.39 is 12.0 Å². The van der Waals surface area contributed by atoms with Crippen molar-refractivity contribution in [2.45, 2.75) is 31.3 Å². The smallest absolute Gasteiger partial charge is 0.406 e. The number of hydrogen-bond donors (Lipinski definition) is 1. The van der Waals surface area contributed by atoms with E-state index in [-0.39, 0.29) is 18.2 Å². The fourth-order valence-electron chi connectivity index (χ4n) is 5.68. The van der Waals surface area contributed by atoms with Gasteiger partial charge in [-0.05, 0) is 35.4 Å². The Hall–Kier alpha value is -2.63. The van der Waals surface area contributed by atoms with Crippen molar-refractivity contribution in [2.24, 2.45) is 24.8 Å². The second kappa shape index (κ2) is 9.68. The number of β-amino-alcohol motifs (C(OH)–C–C–N with tert-alkyl or cyclic N) is 1. The number of imidazole rings is 1. The Kier molecular flexibility index (Phi) is 6.73. The molecule has 2 saturated heterocycles. The number of ether oxygens (including phenoxy) is 2. The summed E-state index contributed by atoms with van der Waals surface area (Å²) in [5, 5.41) is 10.8. The molecular weight excluding hydrogens is 477 g/mol. The van der Waals surface area contributed by atoms with Crippen molar-refractivity contribution in [3.05, 3.63) is 48.0 Å². The first-order chi connectivity index (χ1) is 17.1. The Bertz CT molecular complexity index is 1070. The van der Waals surface area contributed by atoms with Gasteiger partial charge in [-0.15, -0.1) is 13.2 Å². The summed E-state index contributed by atoms with van der Waals surface area (Å²) in [4.78, 5) is 21.5. The van der Waals surface area contributed by atoms with Gasteiger partial charge in [0.2, 0.25) is 0 Å². The van der Waals surface area contributed by atoms with Crippen molar-refractivity contribution >= 4 is 5.91 Å². The predicted octanol–water partition coefficient (Wildman–Crippen LogP) is 2.68. The van der Waals surface area contributed by atoms with Gasteiger partial charge in [-0.3, -0.25) is 9.69 Å². The number of likely N-dealkylation sites (tertiary alicyclic amines) is 1. The fraction of sp³-hybridized carbons (Fsp3) is 0.600. The van der Waals surface area contributed by atoms with Gasteiger partial charge in [0.1, 0.15) is 11.4 Å². The molecule has 36 heavy (non-hydrogen) atoms. The molecule has 3 fully saturated rings. The number of benzene rings is 1. The summed E-state index contributed by atoms with van der Waals surface area (Å²) < 4.78 is 49.2. The van der Waals surface area contributed by atoms with E-state index in [2.05, 4.69) is 14.6 Å². The SMILES string of the molecule is Cn1cnc(C(=O)N(Cc2cccc(OC(F)(F)F)c2)CC2C3CN(CC4(O)CCOCC4)CC32)c1. The van der Waals surface area contributed by atoms with Crippen LogP contribution >= 0.6 is 0 Å². The van der Waals surface area contributed by atoms with Crippen molar-refractivity contribution in [2.75, 3.05) is 39.4 Å². The Morgan fingerprint density at radius 1 is 1.28 bits per heavy atom. The minimum atomic E-state index is -4.78. The van der Waals surface area contributed by atoms with Gasteiger partial charge in [0.25, 0.3) is 5.91 Å². The van der Waals surface area contributed by atoms with E-state index in [1.165, 1.54) is 18.2 Å². The third-order valence-corrected chi connectivity index (χ3v) is 7.54. The van der Waals surface area contributed by atoms with Gasteiger partial charge in [-0.1, -0.05) is 12.1 Å². The first-order valence-corrected chi connectivity index (χ1v) is 12.2. The van der Waals surface area contributed by atoms with Crippen LogP contribution in [0.5, 0.6) is 5.75 Å². The van der Waals surface area contributed by atoms with Crippen molar-refractivity contribution in [3.8, 4) is 5.75 Å². The lowest BCUT2D eigenvalue weighted by molar-refractivity contribution is -0.274. The van der Waals surface area contributed by atoms with Gasteiger partial charge in [-0.2, -0.15) is 0 Å². The van der Waals surface area contributed by atoms with Crippen LogP contribution in [0, 0.1) is 17.8 Å². The molecule has 5 rings (SSSR count). The van der Waals surface area contributed by atoms with Crippen molar-refractivity contribution in [3.63, 3.8) is 0 Å². The standard InChI is InChI=1S/C25H31F3N4O4/c1-30-14-22(29-16-30)23(33)32(10-17-3-2-4-18(9-17)36-25(26,27)28)13-21-19-11-31(12-20(19)21)15-24(34)5-7-35-8-6-24/h2-4,9,14,16,19-21,34H,5-8,10-13,15H2,1H3. The van der Waals surface area contributed by atoms with Crippen LogP contribution in [0.2, 0.25) is 0 Å². The molecule has 1 aromatic heterocycles. The summed E-state index contributed by atoms with van der Waals surface area (Å²) in [7, 11) is 1.78. The van der Waals surface area contributed by atoms with Crippen LogP contribution in [-0.4, -0.2) is 81.7 Å². The second-order valence-electron chi connectivity index (χ2n) is 10.3. The zero-order valence-electron chi connectivity index (χ0n) is 20.2. The van der Waals surface area contributed by atoms with E-state index in [4.69, 9.17) is 4.74 Å². The van der Waals surface area contributed by atoms with Gasteiger partial charge in [0.15, 0.2) is 0 Å². The molecule has 196 valence electrons. The monoisotopic (exact) mass is 508 g/mol. The molecule has 3 aliphatic rings. The van der Waals surface area contributed by atoms with E-state index in [0.29, 0.717) is 68.2 Å². The molecule has 2 aliphatic heterocycles. The van der Waals surface area contributed by atoms with Crippen LogP contribution in [0.3, 0.4) is 0 Å². The van der Waals surface area contributed by atoms with E-state index in [0.717, 1.165) is 13.1 Å². The highest BCUT2D eigenvalue weighted by atomic mass is 19.4. The number of alkyl halides is 3. The zero-order valence-corrected chi connectivity index (χ0v) is 20.2. The van der Waals surface area contributed by atoms with Gasteiger partial charge in [-0.25, -0.2) is 4.98 Å². The number of piperidine rings is 1. The number of rotatable bonds is 8. The first kappa shape index (κ1) is 25.0. The van der Waals surface area contributed by atoms with Crippen LogP contribution < -0.4 is 4.74 Å². The number of aromatic nitrogens is 2. The summed E-state index contributed by atoms with van der Waals surface area (Å²) in [6.07, 6.45) is -0.300. The number of carbonyl (C=O) groups is 1. The lowest BCUT2D eigenvalue weighted by atomic mass is 9.93. The van der Waals surface area contributed by atoms with E-state index >= 15 is 0 Å². The molecule has 1 saturated carbocycles. The molecule has 2 atom stereocenters. The van der Waals surface area contributed by atoms with Crippen molar-refractivity contribution < 1.29 is 32.5 Å². The molecule has 0 radical (unpaired) electrons. The van der Waals surface area contributed by atoms with Gasteiger partial charge < -0.3 is 24.0 Å². The average Bonchev–Trinajstić information content (AvgIpc) is 3.13. The van der Waals surface area contributed by atoms with Gasteiger partial charge in [0.05, 0.1) is 11.9 Å². The highest BCUT2D eigenvalue weighted by Crippen LogP contribution is 2.52. The lowest BCUT2D eigenvalue weighted by Crippen LogP contribution is -2.47. The largest absolute Gasteiger partial charge is 0.573 e. The molecule has 8 nitrogen and oxygen atoms in total. The molecule has 1 aliphatic carbocycles. The molecule has 1 aromatic carbocycles. The molecule has 2 unspecified atom stereocenters. The average molecular weight is 509 g/mol. The minimum Gasteiger partial charge on any atom is -0.406 e. The Morgan fingerprint density at radius 2 is 2.00 bits per heavy atom. The highest BCUT2D eigenvalue weighted by molar-refractivity contribution is 5.92. The summed E-state index contributed by atoms with van der Waals surface area (Å²) in [6, 6.07) is 5.74. The van der Waals surface area contributed by atoms with Crippen molar-refractivity contribution in [1.29, 1.82) is 0 Å². The van der Waals surface area contributed by atoms with Crippen LogP contribution in [0.4, 0.5) is 13.2 Å². The molecule has 3 heterocycles. The molecule has 0 bridgehead atoms. The molecule has 1 N–H and O–H groups in total. The number of amides is 1. The van der Waals surface area contributed by atoms with Gasteiger partial charge in [0, 0.05) is 72.0 Å². The lowest BCUT2D eigenvalue weighted by Gasteiger charge is -2.36. The maximum Gasteiger partial charge on any atom is 0.573 e. The van der Waals surface area contributed by atoms with E-state index in [1.807, 2.05) is 0 Å². The Labute approximate surface area is 207 Å². The molecule has 1 amide bonds. The third kappa shape index (κ3) is 5.84. The first-order valence-electron chi connectivity index (χ1n) is 12.2. The van der Waals surface area contributed by atoms with Gasteiger partial charge >= 0.3 is 6.36 Å². The van der Waals surface area contributed by atoms with Crippen molar-refractivity contribution in [1.82, 2.24) is 19.4 Å². The zero-order chi connectivity index (χ0) is 25.5. The second-order valence-corrected chi connectivity index (χ2v) is 10.3. The number of hydrogen-bond acceptors (Lipinski definition) is 6. The normalized spacial score (nSPS) is 25.4. The van der Waals surface area contributed by atoms with Crippen LogP contribution in [0.25, 0.3) is 0 Å². The maximum absolute atomic E-state index is 13.3. The Balaban J connectivity index is 1.24. The van der Waals surface area contributed by atoms with E-state index in [1.54, 1.807) is 35.1 Å². The molecular formula is C25H31F3N4O4. The third-order valence-electron chi connectivity index (χ3n) is 7.54. The summed E-state index contributed by atoms with van der Waals surface area (Å²) in [6.45, 7) is 4.21. The molecule has 0 spiro atoms. The predicted molar refractivity (Wildman–Crippen MR) is 123 cm³/mol. The number of fused-ring (bicyclic) bond motifs is 1. The maximum atomic E-state index is 13.3. The van der Waals surface area contributed by atoms with Crippen LogP contribution in [0.1, 0.15) is 28.9 Å². The molecule has 2 aromatic rings. The number of aliphatic hydroxyl groups is 1. The Morgan fingerprint density at radius 3 is 2.64 bits per heavy atom. The molecule has 11 heteroatoms. The minimum absolute atomic E-state index is 0.157. The van der Waals surface area contributed by atoms with Crippen LogP contribution in [0.15, 0.2) is 36.8 Å². The summed E-state index contributed by atoms with van der Waals surface area (Å²) in [5.74, 6) is 0.624. The number of nitrogens with zero attached hydrogens (tertiary/aromatic N) is 4. The fourth-order valence-corrected chi connectivity index (χ4v) is 5.68. The number of carbonyl (C=O) groups excluding carboxylic acids is 1. The summed E-state index contributed by atoms with van der Waals surface area (Å²) in [5.41, 5.74) is 0.152. The topological polar surface area (TPSA) is 80.1 Å². The quantitative estimate of drug-likeness (QED) is 0.591. The highest BCUT2D eigenvalue weighted by Gasteiger charge is 2.56. The van der Waals surface area contributed by atoms with E-state index in [9.17, 15) is 23.1 Å². The van der Waals surface area contributed by atoms with Crippen LogP contribution in [-0.2, 0) is 18.3 Å².